The first kappa shape index (κ1) is 14.1. The Morgan fingerprint density at radius 2 is 1.95 bits per heavy atom. The average Bonchev–Trinajstić information content (AvgIpc) is 3.03. The Morgan fingerprint density at radius 3 is 2.60 bits per heavy atom. The highest BCUT2D eigenvalue weighted by Gasteiger charge is 2.40. The van der Waals surface area contributed by atoms with Crippen LogP contribution in [0.5, 0.6) is 0 Å². The van der Waals surface area contributed by atoms with Gasteiger partial charge in [-0.05, 0) is 36.7 Å². The zero-order chi connectivity index (χ0) is 14.2. The maximum Gasteiger partial charge on any atom is 0.187 e. The van der Waals surface area contributed by atoms with E-state index >= 15 is 0 Å². The van der Waals surface area contributed by atoms with Gasteiger partial charge in [0.15, 0.2) is 15.7 Å². The van der Waals surface area contributed by atoms with Gasteiger partial charge in [0.25, 0.3) is 0 Å². The van der Waals surface area contributed by atoms with Crippen molar-refractivity contribution in [2.75, 3.05) is 17.6 Å². The third kappa shape index (κ3) is 2.79. The molecule has 0 bridgehead atoms. The van der Waals surface area contributed by atoms with E-state index < -0.39 is 9.84 Å². The molecule has 3 rings (SSSR count). The summed E-state index contributed by atoms with van der Waals surface area (Å²) >= 11 is 1.17. The molecule has 0 aromatic carbocycles. The lowest BCUT2D eigenvalue weighted by Crippen LogP contribution is -2.13. The molecule has 1 aromatic heterocycles. The summed E-state index contributed by atoms with van der Waals surface area (Å²) in [7, 11) is -3.27. The van der Waals surface area contributed by atoms with Crippen LogP contribution < -0.4 is 11.1 Å². The summed E-state index contributed by atoms with van der Waals surface area (Å²) in [6.45, 7) is 0.805. The van der Waals surface area contributed by atoms with Crippen LogP contribution in [0, 0.1) is 5.92 Å². The van der Waals surface area contributed by atoms with Crippen LogP contribution >= 0.6 is 11.5 Å². The van der Waals surface area contributed by atoms with Crippen molar-refractivity contribution in [3.63, 3.8) is 0 Å². The molecule has 0 aliphatic heterocycles. The second kappa shape index (κ2) is 5.52. The third-order valence-electron chi connectivity index (χ3n) is 4.23. The number of rotatable bonds is 6. The molecule has 2 aliphatic rings. The van der Waals surface area contributed by atoms with Gasteiger partial charge in [0.2, 0.25) is 0 Å². The molecule has 1 aromatic rings. The minimum Gasteiger partial charge on any atom is -0.382 e. The number of anilines is 2. The fourth-order valence-electron chi connectivity index (χ4n) is 2.92. The maximum absolute atomic E-state index is 12.4. The first-order chi connectivity index (χ1) is 9.59. The van der Waals surface area contributed by atoms with Crippen molar-refractivity contribution >= 4 is 32.2 Å². The Kier molecular flexibility index (Phi) is 3.90. The van der Waals surface area contributed by atoms with E-state index in [9.17, 15) is 8.42 Å². The molecular formula is C13H21N3O2S2. The van der Waals surface area contributed by atoms with Gasteiger partial charge in [0.05, 0.1) is 5.25 Å². The normalized spacial score (nSPS) is 20.4. The largest absolute Gasteiger partial charge is 0.382 e. The van der Waals surface area contributed by atoms with Crippen molar-refractivity contribution in [1.82, 2.24) is 4.37 Å². The molecule has 2 aliphatic carbocycles. The van der Waals surface area contributed by atoms with E-state index in [-0.39, 0.29) is 16.0 Å². The Labute approximate surface area is 124 Å². The molecule has 3 N–H and O–H groups in total. The molecule has 0 spiro atoms. The van der Waals surface area contributed by atoms with Crippen molar-refractivity contribution in [3.05, 3.63) is 0 Å². The fraction of sp³-hybridized carbons (Fsp3) is 0.769. The van der Waals surface area contributed by atoms with Crippen LogP contribution in [0.15, 0.2) is 4.90 Å². The molecule has 0 amide bonds. The van der Waals surface area contributed by atoms with Crippen LogP contribution in [0.4, 0.5) is 10.8 Å². The summed E-state index contributed by atoms with van der Waals surface area (Å²) in [6, 6.07) is 0. The second-order valence-corrected chi connectivity index (χ2v) is 8.77. The third-order valence-corrected chi connectivity index (χ3v) is 7.51. The van der Waals surface area contributed by atoms with E-state index in [1.165, 1.54) is 37.2 Å². The zero-order valence-electron chi connectivity index (χ0n) is 11.5. The highest BCUT2D eigenvalue weighted by molar-refractivity contribution is 7.92. The van der Waals surface area contributed by atoms with Crippen LogP contribution in [0.1, 0.15) is 44.9 Å². The molecule has 7 heteroatoms. The van der Waals surface area contributed by atoms with Crippen LogP contribution in [-0.2, 0) is 9.84 Å². The molecule has 1 heterocycles. The van der Waals surface area contributed by atoms with Crippen molar-refractivity contribution < 1.29 is 8.42 Å². The summed E-state index contributed by atoms with van der Waals surface area (Å²) in [6.07, 6.45) is 7.87. The first-order valence-corrected chi connectivity index (χ1v) is 9.64. The summed E-state index contributed by atoms with van der Waals surface area (Å²) < 4.78 is 28.7. The number of nitrogen functional groups attached to an aromatic ring is 1. The molecular weight excluding hydrogens is 294 g/mol. The topological polar surface area (TPSA) is 85.1 Å². The molecule has 112 valence electrons. The highest BCUT2D eigenvalue weighted by Crippen LogP contribution is 2.41. The van der Waals surface area contributed by atoms with Gasteiger partial charge >= 0.3 is 0 Å². The molecule has 0 atom stereocenters. The van der Waals surface area contributed by atoms with Gasteiger partial charge in [-0.3, -0.25) is 0 Å². The monoisotopic (exact) mass is 315 g/mol. The number of nitrogens with two attached hydrogens (primary N) is 1. The van der Waals surface area contributed by atoms with Gasteiger partial charge < -0.3 is 11.1 Å². The highest BCUT2D eigenvalue weighted by atomic mass is 32.2. The van der Waals surface area contributed by atoms with E-state index in [0.717, 1.165) is 31.7 Å². The number of hydrogen-bond acceptors (Lipinski definition) is 6. The second-order valence-electron chi connectivity index (χ2n) is 5.84. The molecule has 20 heavy (non-hydrogen) atoms. The van der Waals surface area contributed by atoms with Gasteiger partial charge in [-0.1, -0.05) is 25.7 Å². The van der Waals surface area contributed by atoms with Crippen LogP contribution in [0.3, 0.4) is 0 Å². The summed E-state index contributed by atoms with van der Waals surface area (Å²) in [5.41, 5.74) is 5.77. The number of sulfone groups is 1. The standard InChI is InChI=1S/C13H21N3O2S2/c14-12-11(20(17,18)10-5-6-10)13(19-16-12)15-8-7-9-3-1-2-4-9/h9-10,15H,1-8H2,(H2,14,16). The van der Waals surface area contributed by atoms with Crippen molar-refractivity contribution in [3.8, 4) is 0 Å². The Bertz CT molecular complexity index is 572. The predicted octanol–water partition coefficient (Wildman–Crippen LogP) is 2.65. The summed E-state index contributed by atoms with van der Waals surface area (Å²) in [5.74, 6) is 0.946. The van der Waals surface area contributed by atoms with E-state index in [4.69, 9.17) is 5.73 Å². The van der Waals surface area contributed by atoms with Gasteiger partial charge in [-0.15, -0.1) is 0 Å². The van der Waals surface area contributed by atoms with E-state index in [0.29, 0.717) is 5.00 Å². The number of nitrogens with one attached hydrogen (secondary N) is 1. The fourth-order valence-corrected chi connectivity index (χ4v) is 5.83. The lowest BCUT2D eigenvalue weighted by atomic mass is 10.0. The van der Waals surface area contributed by atoms with Crippen LogP contribution in [-0.4, -0.2) is 24.6 Å². The minimum absolute atomic E-state index is 0.158. The summed E-state index contributed by atoms with van der Waals surface area (Å²) in [4.78, 5) is 0.247. The SMILES string of the molecule is Nc1nsc(NCCC2CCCC2)c1S(=O)(=O)C1CC1. The van der Waals surface area contributed by atoms with Gasteiger partial charge in [-0.2, -0.15) is 4.37 Å². The molecule has 0 saturated heterocycles. The lowest BCUT2D eigenvalue weighted by molar-refractivity contribution is 0.518. The smallest absolute Gasteiger partial charge is 0.187 e. The molecule has 5 nitrogen and oxygen atoms in total. The average molecular weight is 315 g/mol. The van der Waals surface area contributed by atoms with Gasteiger partial charge in [0.1, 0.15) is 9.90 Å². The van der Waals surface area contributed by atoms with Gasteiger partial charge in [-0.25, -0.2) is 8.42 Å². The molecule has 0 unspecified atom stereocenters. The lowest BCUT2D eigenvalue weighted by Gasteiger charge is -2.11. The first-order valence-electron chi connectivity index (χ1n) is 7.32. The molecule has 2 fully saturated rings. The Hall–Kier alpha value is -0.820. The van der Waals surface area contributed by atoms with Crippen LogP contribution in [0.25, 0.3) is 0 Å². The van der Waals surface area contributed by atoms with E-state index in [2.05, 4.69) is 9.69 Å². The maximum atomic E-state index is 12.4. The minimum atomic E-state index is -3.27. The number of hydrogen-bond donors (Lipinski definition) is 2. The van der Waals surface area contributed by atoms with Gasteiger partial charge in [0, 0.05) is 6.54 Å². The van der Waals surface area contributed by atoms with Crippen molar-refractivity contribution in [1.29, 1.82) is 0 Å². The zero-order valence-corrected chi connectivity index (χ0v) is 13.1. The predicted molar refractivity (Wildman–Crippen MR) is 81.8 cm³/mol. The summed E-state index contributed by atoms with van der Waals surface area (Å²) in [5, 5.41) is 3.64. The number of nitrogens with zero attached hydrogens (tertiary/aromatic N) is 1. The van der Waals surface area contributed by atoms with Crippen molar-refractivity contribution in [2.24, 2.45) is 5.92 Å². The molecule has 0 radical (unpaired) electrons. The van der Waals surface area contributed by atoms with E-state index in [1.54, 1.807) is 0 Å². The van der Waals surface area contributed by atoms with E-state index in [1.807, 2.05) is 0 Å². The Morgan fingerprint density at radius 1 is 1.25 bits per heavy atom. The van der Waals surface area contributed by atoms with Crippen molar-refractivity contribution in [2.45, 2.75) is 55.1 Å². The quantitative estimate of drug-likeness (QED) is 0.843. The number of aromatic nitrogens is 1. The molecule has 2 saturated carbocycles. The van der Waals surface area contributed by atoms with Crippen LogP contribution in [0.2, 0.25) is 0 Å². The Balaban J connectivity index is 1.67.